The zero-order valence-corrected chi connectivity index (χ0v) is 9.92. The lowest BCUT2D eigenvalue weighted by Gasteiger charge is -2.12. The van der Waals surface area contributed by atoms with Gasteiger partial charge in [-0.1, -0.05) is 20.8 Å². The minimum atomic E-state index is -0.383. The van der Waals surface area contributed by atoms with Gasteiger partial charge in [-0.25, -0.2) is 4.39 Å². The summed E-state index contributed by atoms with van der Waals surface area (Å²) in [5.41, 5.74) is 0.463. The van der Waals surface area contributed by atoms with Crippen LogP contribution in [-0.2, 0) is 0 Å². The molecule has 0 radical (unpaired) electrons. The van der Waals surface area contributed by atoms with E-state index >= 15 is 0 Å². The molecule has 0 unspecified atom stereocenters. The molecule has 0 aliphatic rings. The number of halogens is 1. The molecule has 1 aromatic rings. The standard InChI is InChI=1S/C13H17FO2/c1-4-12(15)11-6-5-10(14)7-13(11)16-8-9(2)3/h5-7,9H,4,8H2,1-3H3. The lowest BCUT2D eigenvalue weighted by atomic mass is 10.1. The summed E-state index contributed by atoms with van der Waals surface area (Å²) in [6, 6.07) is 4.03. The summed E-state index contributed by atoms with van der Waals surface area (Å²) in [4.78, 5) is 11.6. The highest BCUT2D eigenvalue weighted by Gasteiger charge is 2.12. The average molecular weight is 224 g/mol. The first kappa shape index (κ1) is 12.7. The maximum Gasteiger partial charge on any atom is 0.166 e. The van der Waals surface area contributed by atoms with Crippen LogP contribution >= 0.6 is 0 Å². The van der Waals surface area contributed by atoms with E-state index in [1.165, 1.54) is 18.2 Å². The first-order chi connectivity index (χ1) is 7.54. The number of ether oxygens (including phenoxy) is 1. The Kier molecular flexibility index (Phi) is 4.47. The third kappa shape index (κ3) is 3.33. The molecule has 0 spiro atoms. The van der Waals surface area contributed by atoms with E-state index in [0.29, 0.717) is 30.3 Å². The number of ketones is 1. The molecule has 0 atom stereocenters. The van der Waals surface area contributed by atoms with Crippen LogP contribution < -0.4 is 4.74 Å². The molecule has 0 fully saturated rings. The SMILES string of the molecule is CCC(=O)c1ccc(F)cc1OCC(C)C. The zero-order chi connectivity index (χ0) is 12.1. The molecule has 16 heavy (non-hydrogen) atoms. The van der Waals surface area contributed by atoms with Crippen molar-refractivity contribution in [2.45, 2.75) is 27.2 Å². The summed E-state index contributed by atoms with van der Waals surface area (Å²) in [7, 11) is 0. The van der Waals surface area contributed by atoms with Gasteiger partial charge in [0.05, 0.1) is 12.2 Å². The molecular weight excluding hydrogens is 207 g/mol. The molecule has 0 saturated carbocycles. The highest BCUT2D eigenvalue weighted by atomic mass is 19.1. The maximum absolute atomic E-state index is 13.0. The summed E-state index contributed by atoms with van der Waals surface area (Å²) >= 11 is 0. The Morgan fingerprint density at radius 2 is 2.12 bits per heavy atom. The highest BCUT2D eigenvalue weighted by molar-refractivity contribution is 5.98. The zero-order valence-electron chi connectivity index (χ0n) is 9.92. The van der Waals surface area contributed by atoms with Crippen LogP contribution in [0.15, 0.2) is 18.2 Å². The summed E-state index contributed by atoms with van der Waals surface area (Å²) in [5.74, 6) is 0.276. The number of benzene rings is 1. The van der Waals surface area contributed by atoms with Crippen molar-refractivity contribution in [1.29, 1.82) is 0 Å². The van der Waals surface area contributed by atoms with Crippen LogP contribution in [0.4, 0.5) is 4.39 Å². The summed E-state index contributed by atoms with van der Waals surface area (Å²) in [6.07, 6.45) is 0.393. The van der Waals surface area contributed by atoms with Gasteiger partial charge in [-0.05, 0) is 18.1 Å². The Morgan fingerprint density at radius 1 is 1.44 bits per heavy atom. The van der Waals surface area contributed by atoms with Gasteiger partial charge in [-0.15, -0.1) is 0 Å². The molecule has 0 aliphatic carbocycles. The van der Waals surface area contributed by atoms with Gasteiger partial charge in [0.15, 0.2) is 5.78 Å². The Hall–Kier alpha value is -1.38. The predicted octanol–water partition coefficient (Wildman–Crippen LogP) is 3.45. The van der Waals surface area contributed by atoms with E-state index in [0.717, 1.165) is 0 Å². The number of carbonyl (C=O) groups excluding carboxylic acids is 1. The lowest BCUT2D eigenvalue weighted by molar-refractivity contribution is 0.0983. The molecule has 0 heterocycles. The van der Waals surface area contributed by atoms with E-state index in [1.807, 2.05) is 13.8 Å². The molecule has 3 heteroatoms. The normalized spacial score (nSPS) is 10.6. The number of carbonyl (C=O) groups is 1. The molecule has 1 aromatic carbocycles. The van der Waals surface area contributed by atoms with Crippen molar-refractivity contribution in [3.8, 4) is 5.75 Å². The van der Waals surface area contributed by atoms with Crippen molar-refractivity contribution in [3.63, 3.8) is 0 Å². The van der Waals surface area contributed by atoms with Crippen LogP contribution in [0.5, 0.6) is 5.75 Å². The highest BCUT2D eigenvalue weighted by Crippen LogP contribution is 2.22. The molecule has 0 amide bonds. The van der Waals surface area contributed by atoms with E-state index in [9.17, 15) is 9.18 Å². The second-order valence-electron chi connectivity index (χ2n) is 4.12. The number of Topliss-reactive ketones (excluding diaryl/α,β-unsaturated/α-hetero) is 1. The molecule has 0 N–H and O–H groups in total. The fourth-order valence-corrected chi connectivity index (χ4v) is 1.29. The van der Waals surface area contributed by atoms with Crippen LogP contribution in [-0.4, -0.2) is 12.4 Å². The van der Waals surface area contributed by atoms with Crippen LogP contribution in [0.25, 0.3) is 0 Å². The molecule has 2 nitrogen and oxygen atoms in total. The Morgan fingerprint density at radius 3 is 2.69 bits per heavy atom. The van der Waals surface area contributed by atoms with Crippen molar-refractivity contribution in [1.82, 2.24) is 0 Å². The first-order valence-corrected chi connectivity index (χ1v) is 5.50. The van der Waals surface area contributed by atoms with Crippen LogP contribution in [0.2, 0.25) is 0 Å². The minimum absolute atomic E-state index is 0.0289. The van der Waals surface area contributed by atoms with E-state index in [1.54, 1.807) is 6.92 Å². The van der Waals surface area contributed by atoms with Crippen LogP contribution in [0, 0.1) is 11.7 Å². The molecule has 1 rings (SSSR count). The Balaban J connectivity index is 2.94. The van der Waals surface area contributed by atoms with E-state index in [4.69, 9.17) is 4.74 Å². The monoisotopic (exact) mass is 224 g/mol. The number of hydrogen-bond donors (Lipinski definition) is 0. The van der Waals surface area contributed by atoms with Crippen molar-refractivity contribution in [2.24, 2.45) is 5.92 Å². The second-order valence-corrected chi connectivity index (χ2v) is 4.12. The van der Waals surface area contributed by atoms with Crippen LogP contribution in [0.1, 0.15) is 37.6 Å². The van der Waals surface area contributed by atoms with Gasteiger partial charge in [-0.2, -0.15) is 0 Å². The summed E-state index contributed by atoms with van der Waals surface area (Å²) in [5, 5.41) is 0. The van der Waals surface area contributed by atoms with E-state index in [-0.39, 0.29) is 11.6 Å². The maximum atomic E-state index is 13.0. The quantitative estimate of drug-likeness (QED) is 0.716. The topological polar surface area (TPSA) is 26.3 Å². The van der Waals surface area contributed by atoms with E-state index < -0.39 is 0 Å². The summed E-state index contributed by atoms with van der Waals surface area (Å²) < 4.78 is 18.5. The van der Waals surface area contributed by atoms with Crippen molar-refractivity contribution < 1.29 is 13.9 Å². The largest absolute Gasteiger partial charge is 0.492 e. The third-order valence-corrected chi connectivity index (χ3v) is 2.14. The predicted molar refractivity (Wildman–Crippen MR) is 61.4 cm³/mol. The molecular formula is C13H17FO2. The smallest absolute Gasteiger partial charge is 0.166 e. The first-order valence-electron chi connectivity index (χ1n) is 5.50. The van der Waals surface area contributed by atoms with Crippen molar-refractivity contribution >= 4 is 5.78 Å². The van der Waals surface area contributed by atoms with Gasteiger partial charge in [-0.3, -0.25) is 4.79 Å². The van der Waals surface area contributed by atoms with Gasteiger partial charge in [0.1, 0.15) is 11.6 Å². The second kappa shape index (κ2) is 5.64. The van der Waals surface area contributed by atoms with Crippen molar-refractivity contribution in [2.75, 3.05) is 6.61 Å². The molecule has 0 aliphatic heterocycles. The van der Waals surface area contributed by atoms with Gasteiger partial charge in [0, 0.05) is 12.5 Å². The fraction of sp³-hybridized carbons (Fsp3) is 0.462. The van der Waals surface area contributed by atoms with Gasteiger partial charge < -0.3 is 4.74 Å². The molecule has 88 valence electrons. The fourth-order valence-electron chi connectivity index (χ4n) is 1.29. The molecule has 0 saturated heterocycles. The lowest BCUT2D eigenvalue weighted by Crippen LogP contribution is -2.08. The van der Waals surface area contributed by atoms with Gasteiger partial charge in [0.25, 0.3) is 0 Å². The third-order valence-electron chi connectivity index (χ3n) is 2.14. The summed E-state index contributed by atoms with van der Waals surface area (Å²) in [6.45, 7) is 6.26. The van der Waals surface area contributed by atoms with Gasteiger partial charge in [0.2, 0.25) is 0 Å². The number of hydrogen-bond acceptors (Lipinski definition) is 2. The van der Waals surface area contributed by atoms with Crippen LogP contribution in [0.3, 0.4) is 0 Å². The van der Waals surface area contributed by atoms with E-state index in [2.05, 4.69) is 0 Å². The number of rotatable bonds is 5. The average Bonchev–Trinajstić information content (AvgIpc) is 2.25. The van der Waals surface area contributed by atoms with Gasteiger partial charge >= 0.3 is 0 Å². The Bertz CT molecular complexity index is 372. The minimum Gasteiger partial charge on any atom is -0.492 e. The van der Waals surface area contributed by atoms with Crippen molar-refractivity contribution in [3.05, 3.63) is 29.6 Å². The molecule has 0 aromatic heterocycles. The molecule has 0 bridgehead atoms. The Labute approximate surface area is 95.4 Å².